The molecule has 2 nitrogen and oxygen atoms in total. The Balaban J connectivity index is 2.24. The van der Waals surface area contributed by atoms with Crippen LogP contribution in [-0.2, 0) is 13.1 Å². The molecule has 2 aromatic rings. The fraction of sp³-hybridized carbons (Fsp3) is 0.294. The Morgan fingerprint density at radius 3 is 2.62 bits per heavy atom. The summed E-state index contributed by atoms with van der Waals surface area (Å²) < 4.78 is 14.1. The van der Waals surface area contributed by atoms with Gasteiger partial charge in [-0.05, 0) is 30.3 Å². The van der Waals surface area contributed by atoms with Crippen molar-refractivity contribution in [3.8, 4) is 0 Å². The van der Waals surface area contributed by atoms with Crippen molar-refractivity contribution >= 4 is 17.3 Å². The van der Waals surface area contributed by atoms with Gasteiger partial charge < -0.3 is 10.2 Å². The third-order valence-electron chi connectivity index (χ3n) is 3.42. The van der Waals surface area contributed by atoms with Crippen LogP contribution in [0.25, 0.3) is 0 Å². The molecule has 1 N–H and O–H groups in total. The topological polar surface area (TPSA) is 15.3 Å². The van der Waals surface area contributed by atoms with Crippen molar-refractivity contribution in [1.82, 2.24) is 5.32 Å². The average Bonchev–Trinajstić information content (AvgIpc) is 2.48. The van der Waals surface area contributed by atoms with Gasteiger partial charge in [-0.2, -0.15) is 0 Å². The minimum atomic E-state index is -0.181. The van der Waals surface area contributed by atoms with E-state index in [4.69, 9.17) is 11.6 Å². The second-order valence-electron chi connectivity index (χ2n) is 4.97. The molecule has 0 saturated carbocycles. The van der Waals surface area contributed by atoms with E-state index in [1.165, 1.54) is 6.07 Å². The first kappa shape index (κ1) is 15.8. The van der Waals surface area contributed by atoms with Crippen LogP contribution in [0.5, 0.6) is 0 Å². The largest absolute Gasteiger partial charge is 0.370 e. The summed E-state index contributed by atoms with van der Waals surface area (Å²) in [6, 6.07) is 12.9. The molecule has 2 aromatic carbocycles. The van der Waals surface area contributed by atoms with E-state index in [1.807, 2.05) is 49.2 Å². The van der Waals surface area contributed by atoms with Crippen molar-refractivity contribution in [1.29, 1.82) is 0 Å². The summed E-state index contributed by atoms with van der Waals surface area (Å²) in [7, 11) is 1.95. The molecule has 0 unspecified atom stereocenters. The number of halogens is 2. The minimum absolute atomic E-state index is 0.181. The van der Waals surface area contributed by atoms with Crippen LogP contribution in [0.1, 0.15) is 18.1 Å². The highest BCUT2D eigenvalue weighted by molar-refractivity contribution is 6.31. The molecule has 0 aliphatic carbocycles. The fourth-order valence-corrected chi connectivity index (χ4v) is 2.49. The number of rotatable bonds is 6. The van der Waals surface area contributed by atoms with Crippen molar-refractivity contribution in [2.45, 2.75) is 20.0 Å². The molecule has 0 radical (unpaired) electrons. The Morgan fingerprint density at radius 1 is 1.14 bits per heavy atom. The van der Waals surface area contributed by atoms with Crippen molar-refractivity contribution in [2.75, 3.05) is 18.5 Å². The van der Waals surface area contributed by atoms with Crippen LogP contribution in [-0.4, -0.2) is 13.6 Å². The summed E-state index contributed by atoms with van der Waals surface area (Å²) in [5.74, 6) is -0.181. The number of hydrogen-bond donors (Lipinski definition) is 1. The lowest BCUT2D eigenvalue weighted by Crippen LogP contribution is -2.21. The van der Waals surface area contributed by atoms with Gasteiger partial charge >= 0.3 is 0 Å². The van der Waals surface area contributed by atoms with E-state index < -0.39 is 0 Å². The average molecular weight is 307 g/mol. The van der Waals surface area contributed by atoms with E-state index in [-0.39, 0.29) is 5.82 Å². The van der Waals surface area contributed by atoms with Crippen LogP contribution >= 0.6 is 11.6 Å². The predicted molar refractivity (Wildman–Crippen MR) is 87.3 cm³/mol. The van der Waals surface area contributed by atoms with Gasteiger partial charge in [0.15, 0.2) is 0 Å². The molecule has 2 rings (SSSR count). The summed E-state index contributed by atoms with van der Waals surface area (Å²) in [5.41, 5.74) is 2.60. The van der Waals surface area contributed by atoms with Gasteiger partial charge in [0, 0.05) is 36.4 Å². The van der Waals surface area contributed by atoms with Crippen LogP contribution in [0.3, 0.4) is 0 Å². The van der Waals surface area contributed by atoms with Crippen molar-refractivity contribution in [3.05, 3.63) is 64.4 Å². The molecule has 0 heterocycles. The SMILES string of the molecule is CCNCc1c(F)cccc1N(C)Cc1ccccc1Cl. The van der Waals surface area contributed by atoms with Gasteiger partial charge in [-0.3, -0.25) is 0 Å². The molecule has 0 aliphatic rings. The fourth-order valence-electron chi connectivity index (χ4n) is 2.30. The van der Waals surface area contributed by atoms with Gasteiger partial charge in [-0.25, -0.2) is 4.39 Å². The molecule has 0 aliphatic heterocycles. The van der Waals surface area contributed by atoms with Gasteiger partial charge in [0.1, 0.15) is 5.82 Å². The van der Waals surface area contributed by atoms with E-state index >= 15 is 0 Å². The first-order valence-electron chi connectivity index (χ1n) is 7.06. The lowest BCUT2D eigenvalue weighted by Gasteiger charge is -2.23. The number of nitrogens with zero attached hydrogens (tertiary/aromatic N) is 1. The predicted octanol–water partition coefficient (Wildman–Crippen LogP) is 4.23. The molecule has 4 heteroatoms. The zero-order valence-corrected chi connectivity index (χ0v) is 13.1. The molecule has 0 atom stereocenters. The summed E-state index contributed by atoms with van der Waals surface area (Å²) in [6.45, 7) is 3.98. The van der Waals surface area contributed by atoms with Gasteiger partial charge in [-0.1, -0.05) is 42.8 Å². The first-order chi connectivity index (χ1) is 10.1. The first-order valence-corrected chi connectivity index (χ1v) is 7.44. The Labute approximate surface area is 130 Å². The van der Waals surface area contributed by atoms with E-state index in [0.29, 0.717) is 18.7 Å². The Morgan fingerprint density at radius 2 is 1.90 bits per heavy atom. The maximum absolute atomic E-state index is 14.1. The molecule has 0 fully saturated rings. The monoisotopic (exact) mass is 306 g/mol. The number of nitrogens with one attached hydrogen (secondary N) is 1. The Kier molecular flexibility index (Phi) is 5.59. The normalized spacial score (nSPS) is 10.7. The highest BCUT2D eigenvalue weighted by Gasteiger charge is 2.12. The molecule has 0 amide bonds. The quantitative estimate of drug-likeness (QED) is 0.859. The van der Waals surface area contributed by atoms with Crippen LogP contribution in [0.2, 0.25) is 5.02 Å². The van der Waals surface area contributed by atoms with Gasteiger partial charge in [0.2, 0.25) is 0 Å². The lowest BCUT2D eigenvalue weighted by atomic mass is 10.1. The molecular weight excluding hydrogens is 287 g/mol. The van der Waals surface area contributed by atoms with Gasteiger partial charge in [0.05, 0.1) is 0 Å². The van der Waals surface area contributed by atoms with Crippen LogP contribution in [0, 0.1) is 5.82 Å². The zero-order chi connectivity index (χ0) is 15.2. The number of hydrogen-bond acceptors (Lipinski definition) is 2. The van der Waals surface area contributed by atoms with E-state index in [0.717, 1.165) is 22.8 Å². The smallest absolute Gasteiger partial charge is 0.129 e. The number of benzene rings is 2. The summed E-state index contributed by atoms with van der Waals surface area (Å²) in [4.78, 5) is 2.02. The highest BCUT2D eigenvalue weighted by atomic mass is 35.5. The third-order valence-corrected chi connectivity index (χ3v) is 3.79. The zero-order valence-electron chi connectivity index (χ0n) is 12.4. The maximum atomic E-state index is 14.1. The maximum Gasteiger partial charge on any atom is 0.129 e. The standard InChI is InChI=1S/C17H20ClFN2/c1-3-20-11-14-16(19)9-6-10-17(14)21(2)12-13-7-4-5-8-15(13)18/h4-10,20H,3,11-12H2,1-2H3. The minimum Gasteiger partial charge on any atom is -0.370 e. The molecular formula is C17H20ClFN2. The van der Waals surface area contributed by atoms with Gasteiger partial charge in [-0.15, -0.1) is 0 Å². The highest BCUT2D eigenvalue weighted by Crippen LogP contribution is 2.25. The molecule has 0 spiro atoms. The summed E-state index contributed by atoms with van der Waals surface area (Å²) >= 11 is 6.20. The molecule has 0 aromatic heterocycles. The van der Waals surface area contributed by atoms with Crippen LogP contribution in [0.15, 0.2) is 42.5 Å². The van der Waals surface area contributed by atoms with Crippen LogP contribution in [0.4, 0.5) is 10.1 Å². The lowest BCUT2D eigenvalue weighted by molar-refractivity contribution is 0.592. The van der Waals surface area contributed by atoms with Crippen LogP contribution < -0.4 is 10.2 Å². The second kappa shape index (κ2) is 7.43. The van der Waals surface area contributed by atoms with Crippen molar-refractivity contribution in [2.24, 2.45) is 0 Å². The Hall–Kier alpha value is -1.58. The molecule has 0 saturated heterocycles. The third kappa shape index (κ3) is 3.96. The summed E-state index contributed by atoms with van der Waals surface area (Å²) in [6.07, 6.45) is 0. The van der Waals surface area contributed by atoms with E-state index in [1.54, 1.807) is 6.07 Å². The van der Waals surface area contributed by atoms with E-state index in [2.05, 4.69) is 5.32 Å². The Bertz CT molecular complexity index is 601. The summed E-state index contributed by atoms with van der Waals surface area (Å²) in [5, 5.41) is 3.91. The molecule has 0 bridgehead atoms. The molecule has 21 heavy (non-hydrogen) atoms. The molecule has 112 valence electrons. The van der Waals surface area contributed by atoms with Crippen molar-refractivity contribution < 1.29 is 4.39 Å². The second-order valence-corrected chi connectivity index (χ2v) is 5.37. The van der Waals surface area contributed by atoms with E-state index in [9.17, 15) is 4.39 Å². The van der Waals surface area contributed by atoms with Crippen molar-refractivity contribution in [3.63, 3.8) is 0 Å². The number of anilines is 1. The van der Waals surface area contributed by atoms with Gasteiger partial charge in [0.25, 0.3) is 0 Å².